The summed E-state index contributed by atoms with van der Waals surface area (Å²) in [5.74, 6) is 0.193. The van der Waals surface area contributed by atoms with Crippen LogP contribution >= 0.6 is 0 Å². The summed E-state index contributed by atoms with van der Waals surface area (Å²) in [6, 6.07) is 14.8. The Kier molecular flexibility index (Phi) is 6.29. The van der Waals surface area contributed by atoms with E-state index in [9.17, 15) is 4.79 Å². The SMILES string of the molecule is COc1cccc(CCCN2CCc3cc(CCC(=O)O)ccc3C2)c1. The number of benzene rings is 2. The normalized spacial score (nSPS) is 14.0. The van der Waals surface area contributed by atoms with Gasteiger partial charge in [-0.3, -0.25) is 9.69 Å². The minimum atomic E-state index is -0.732. The third-order valence-electron chi connectivity index (χ3n) is 5.06. The number of hydrogen-bond donors (Lipinski definition) is 1. The molecule has 1 N–H and O–H groups in total. The van der Waals surface area contributed by atoms with E-state index in [0.717, 1.165) is 50.2 Å². The van der Waals surface area contributed by atoms with Gasteiger partial charge in [0.25, 0.3) is 0 Å². The van der Waals surface area contributed by atoms with Crippen LogP contribution in [0.15, 0.2) is 42.5 Å². The lowest BCUT2D eigenvalue weighted by Crippen LogP contribution is -2.31. The van der Waals surface area contributed by atoms with E-state index in [2.05, 4.69) is 35.2 Å². The Bertz CT molecular complexity index is 757. The van der Waals surface area contributed by atoms with Crippen molar-refractivity contribution in [3.05, 3.63) is 64.7 Å². The highest BCUT2D eigenvalue weighted by Crippen LogP contribution is 2.22. The lowest BCUT2D eigenvalue weighted by molar-refractivity contribution is -0.136. The second kappa shape index (κ2) is 8.86. The summed E-state index contributed by atoms with van der Waals surface area (Å²) in [5.41, 5.74) is 5.23. The van der Waals surface area contributed by atoms with Crippen LogP contribution in [-0.2, 0) is 30.6 Å². The molecule has 0 aliphatic carbocycles. The van der Waals surface area contributed by atoms with E-state index < -0.39 is 5.97 Å². The number of methoxy groups -OCH3 is 1. The van der Waals surface area contributed by atoms with Gasteiger partial charge in [-0.25, -0.2) is 0 Å². The van der Waals surface area contributed by atoms with E-state index >= 15 is 0 Å². The molecule has 0 unspecified atom stereocenters. The van der Waals surface area contributed by atoms with Gasteiger partial charge in [-0.05, 0) is 66.6 Å². The monoisotopic (exact) mass is 353 g/mol. The second-order valence-electron chi connectivity index (χ2n) is 6.98. The predicted molar refractivity (Wildman–Crippen MR) is 103 cm³/mol. The molecular weight excluding hydrogens is 326 g/mol. The standard InChI is InChI=1S/C22H27NO3/c1-26-21-6-2-4-17(15-21)5-3-12-23-13-11-19-14-18(8-10-22(24)25)7-9-20(19)16-23/h2,4,6-7,9,14-15H,3,5,8,10-13,16H2,1H3,(H,24,25). The number of hydrogen-bond acceptors (Lipinski definition) is 3. The lowest BCUT2D eigenvalue weighted by Gasteiger charge is -2.29. The Hall–Kier alpha value is -2.33. The fourth-order valence-corrected chi connectivity index (χ4v) is 3.60. The van der Waals surface area contributed by atoms with Gasteiger partial charge in [0.2, 0.25) is 0 Å². The molecule has 26 heavy (non-hydrogen) atoms. The molecule has 0 bridgehead atoms. The predicted octanol–water partition coefficient (Wildman–Crippen LogP) is 3.70. The van der Waals surface area contributed by atoms with E-state index in [-0.39, 0.29) is 6.42 Å². The van der Waals surface area contributed by atoms with E-state index in [0.29, 0.717) is 6.42 Å². The summed E-state index contributed by atoms with van der Waals surface area (Å²) in [6.07, 6.45) is 4.07. The Labute approximate surface area is 155 Å². The highest BCUT2D eigenvalue weighted by atomic mass is 16.5. The van der Waals surface area contributed by atoms with Crippen molar-refractivity contribution in [2.45, 2.75) is 38.6 Å². The van der Waals surface area contributed by atoms with Crippen LogP contribution in [0.4, 0.5) is 0 Å². The van der Waals surface area contributed by atoms with E-state index in [1.165, 1.54) is 16.7 Å². The molecule has 1 aliphatic rings. The molecule has 0 atom stereocenters. The third kappa shape index (κ3) is 5.09. The van der Waals surface area contributed by atoms with Gasteiger partial charge in [0.05, 0.1) is 7.11 Å². The van der Waals surface area contributed by atoms with Gasteiger partial charge >= 0.3 is 5.97 Å². The summed E-state index contributed by atoms with van der Waals surface area (Å²) < 4.78 is 5.29. The van der Waals surface area contributed by atoms with Crippen molar-refractivity contribution in [1.29, 1.82) is 0 Å². The fraction of sp³-hybridized carbons (Fsp3) is 0.409. The number of nitrogens with zero attached hydrogens (tertiary/aromatic N) is 1. The molecule has 4 heteroatoms. The Balaban J connectivity index is 1.49. The van der Waals surface area contributed by atoms with Gasteiger partial charge in [-0.2, -0.15) is 0 Å². The first-order chi connectivity index (χ1) is 12.6. The fourth-order valence-electron chi connectivity index (χ4n) is 3.60. The van der Waals surface area contributed by atoms with Gasteiger partial charge in [0, 0.05) is 19.5 Å². The molecule has 0 saturated heterocycles. The van der Waals surface area contributed by atoms with Crippen LogP contribution < -0.4 is 4.74 Å². The zero-order valence-electron chi connectivity index (χ0n) is 15.4. The Morgan fingerprint density at radius 2 is 1.96 bits per heavy atom. The minimum Gasteiger partial charge on any atom is -0.497 e. The van der Waals surface area contributed by atoms with Crippen LogP contribution in [0.1, 0.15) is 35.1 Å². The van der Waals surface area contributed by atoms with E-state index in [1.54, 1.807) is 7.11 Å². The maximum atomic E-state index is 10.7. The van der Waals surface area contributed by atoms with Gasteiger partial charge in [-0.1, -0.05) is 30.3 Å². The summed E-state index contributed by atoms with van der Waals surface area (Å²) in [6.45, 7) is 3.16. The number of rotatable bonds is 8. The molecule has 2 aromatic carbocycles. The average molecular weight is 353 g/mol. The molecule has 138 valence electrons. The molecule has 0 aromatic heterocycles. The first kappa shape index (κ1) is 18.5. The lowest BCUT2D eigenvalue weighted by atomic mass is 9.95. The summed E-state index contributed by atoms with van der Waals surface area (Å²) >= 11 is 0. The highest BCUT2D eigenvalue weighted by molar-refractivity contribution is 5.67. The summed E-state index contributed by atoms with van der Waals surface area (Å²) in [5, 5.41) is 8.83. The van der Waals surface area contributed by atoms with E-state index in [4.69, 9.17) is 9.84 Å². The highest BCUT2D eigenvalue weighted by Gasteiger charge is 2.16. The van der Waals surface area contributed by atoms with Crippen LogP contribution in [0.25, 0.3) is 0 Å². The van der Waals surface area contributed by atoms with Crippen molar-refractivity contribution in [3.8, 4) is 5.75 Å². The topological polar surface area (TPSA) is 49.8 Å². The number of carboxylic acid groups (broad SMARTS) is 1. The van der Waals surface area contributed by atoms with Crippen molar-refractivity contribution in [2.24, 2.45) is 0 Å². The van der Waals surface area contributed by atoms with Gasteiger partial charge in [-0.15, -0.1) is 0 Å². The number of ether oxygens (including phenoxy) is 1. The molecule has 2 aromatic rings. The van der Waals surface area contributed by atoms with E-state index in [1.807, 2.05) is 12.1 Å². The molecule has 0 spiro atoms. The molecule has 4 nitrogen and oxygen atoms in total. The molecule has 0 saturated carbocycles. The van der Waals surface area contributed by atoms with Crippen molar-refractivity contribution < 1.29 is 14.6 Å². The van der Waals surface area contributed by atoms with Gasteiger partial charge < -0.3 is 9.84 Å². The number of aryl methyl sites for hydroxylation is 2. The zero-order chi connectivity index (χ0) is 18.4. The number of carbonyl (C=O) groups is 1. The molecule has 1 heterocycles. The Morgan fingerprint density at radius 1 is 1.12 bits per heavy atom. The molecule has 3 rings (SSSR count). The van der Waals surface area contributed by atoms with Crippen LogP contribution in [0.2, 0.25) is 0 Å². The number of carboxylic acids is 1. The second-order valence-corrected chi connectivity index (χ2v) is 6.98. The average Bonchev–Trinajstić information content (AvgIpc) is 2.66. The number of fused-ring (bicyclic) bond motifs is 1. The first-order valence-electron chi connectivity index (χ1n) is 9.32. The Morgan fingerprint density at radius 3 is 2.77 bits per heavy atom. The van der Waals surface area contributed by atoms with Crippen LogP contribution in [0, 0.1) is 0 Å². The smallest absolute Gasteiger partial charge is 0.303 e. The van der Waals surface area contributed by atoms with Gasteiger partial charge in [0.1, 0.15) is 5.75 Å². The molecular formula is C22H27NO3. The first-order valence-corrected chi connectivity index (χ1v) is 9.32. The van der Waals surface area contributed by atoms with Crippen LogP contribution in [0.3, 0.4) is 0 Å². The summed E-state index contributed by atoms with van der Waals surface area (Å²) in [4.78, 5) is 13.2. The minimum absolute atomic E-state index is 0.204. The molecule has 1 aliphatic heterocycles. The number of aliphatic carboxylic acids is 1. The molecule has 0 fully saturated rings. The maximum absolute atomic E-state index is 10.7. The van der Waals surface area contributed by atoms with Crippen LogP contribution in [0.5, 0.6) is 5.75 Å². The van der Waals surface area contributed by atoms with Crippen molar-refractivity contribution in [3.63, 3.8) is 0 Å². The maximum Gasteiger partial charge on any atom is 0.303 e. The van der Waals surface area contributed by atoms with Crippen molar-refractivity contribution >= 4 is 5.97 Å². The van der Waals surface area contributed by atoms with Crippen molar-refractivity contribution in [2.75, 3.05) is 20.2 Å². The zero-order valence-corrected chi connectivity index (χ0v) is 15.4. The molecule has 0 radical (unpaired) electrons. The molecule has 0 amide bonds. The van der Waals surface area contributed by atoms with Gasteiger partial charge in [0.15, 0.2) is 0 Å². The van der Waals surface area contributed by atoms with Crippen molar-refractivity contribution in [1.82, 2.24) is 4.90 Å². The summed E-state index contributed by atoms with van der Waals surface area (Å²) in [7, 11) is 1.71. The quantitative estimate of drug-likeness (QED) is 0.786. The third-order valence-corrected chi connectivity index (χ3v) is 5.06. The van der Waals surface area contributed by atoms with Crippen LogP contribution in [-0.4, -0.2) is 36.2 Å². The largest absolute Gasteiger partial charge is 0.497 e.